The molecule has 0 radical (unpaired) electrons. The van der Waals surface area contributed by atoms with Gasteiger partial charge in [0, 0.05) is 10.9 Å². The van der Waals surface area contributed by atoms with Gasteiger partial charge >= 0.3 is 0 Å². The fraction of sp³-hybridized carbons (Fsp3) is 0.0667. The number of hydrogen-bond donors (Lipinski definition) is 0. The smallest absolute Gasteiger partial charge is 0.214 e. The lowest BCUT2D eigenvalue weighted by Crippen LogP contribution is -1.87. The van der Waals surface area contributed by atoms with Crippen molar-refractivity contribution in [2.45, 2.75) is 5.33 Å². The van der Waals surface area contributed by atoms with Crippen LogP contribution in [0.2, 0.25) is 0 Å². The van der Waals surface area contributed by atoms with Crippen molar-refractivity contribution in [3.05, 3.63) is 60.5 Å². The van der Waals surface area contributed by atoms with Crippen molar-refractivity contribution < 1.29 is 4.52 Å². The standard InChI is InChI=1S/C15H11BrN2O/c16-9-11-5-7-12(8-6-11)13-3-1-2-4-14(13)15-17-10-19-18-15/h1-8,10H,9H2. The molecule has 0 saturated carbocycles. The fourth-order valence-electron chi connectivity index (χ4n) is 1.99. The number of aromatic nitrogens is 2. The van der Waals surface area contributed by atoms with Crippen LogP contribution in [-0.4, -0.2) is 10.1 Å². The van der Waals surface area contributed by atoms with Crippen LogP contribution in [0.25, 0.3) is 22.5 Å². The Morgan fingerprint density at radius 3 is 2.32 bits per heavy atom. The van der Waals surface area contributed by atoms with Gasteiger partial charge in [-0.1, -0.05) is 69.6 Å². The predicted octanol–water partition coefficient (Wildman–Crippen LogP) is 4.30. The molecule has 0 amide bonds. The largest absolute Gasteiger partial charge is 0.342 e. The first-order chi connectivity index (χ1) is 9.38. The first-order valence-electron chi connectivity index (χ1n) is 5.89. The highest BCUT2D eigenvalue weighted by Crippen LogP contribution is 2.30. The molecule has 0 bridgehead atoms. The fourth-order valence-corrected chi connectivity index (χ4v) is 2.37. The van der Waals surface area contributed by atoms with E-state index in [9.17, 15) is 0 Å². The average Bonchev–Trinajstić information content (AvgIpc) is 3.01. The van der Waals surface area contributed by atoms with Gasteiger partial charge in [0.1, 0.15) is 0 Å². The summed E-state index contributed by atoms with van der Waals surface area (Å²) in [5.41, 5.74) is 4.47. The topological polar surface area (TPSA) is 38.9 Å². The van der Waals surface area contributed by atoms with Crippen molar-refractivity contribution >= 4 is 15.9 Å². The molecule has 0 fully saturated rings. The zero-order valence-corrected chi connectivity index (χ0v) is 11.7. The van der Waals surface area contributed by atoms with Gasteiger partial charge in [0.25, 0.3) is 0 Å². The Morgan fingerprint density at radius 2 is 1.68 bits per heavy atom. The van der Waals surface area contributed by atoms with E-state index in [1.807, 2.05) is 18.2 Å². The highest BCUT2D eigenvalue weighted by molar-refractivity contribution is 9.08. The van der Waals surface area contributed by atoms with Gasteiger partial charge in [0.15, 0.2) is 0 Å². The van der Waals surface area contributed by atoms with E-state index in [2.05, 4.69) is 56.4 Å². The minimum absolute atomic E-state index is 0.611. The number of rotatable bonds is 3. The number of benzene rings is 2. The van der Waals surface area contributed by atoms with Gasteiger partial charge in [-0.15, -0.1) is 0 Å². The van der Waals surface area contributed by atoms with Gasteiger partial charge in [0.05, 0.1) is 0 Å². The molecule has 0 aliphatic rings. The molecular formula is C15H11BrN2O. The summed E-state index contributed by atoms with van der Waals surface area (Å²) in [5, 5.41) is 4.77. The molecular weight excluding hydrogens is 304 g/mol. The minimum atomic E-state index is 0.611. The van der Waals surface area contributed by atoms with E-state index in [-0.39, 0.29) is 0 Å². The third kappa shape index (κ3) is 2.44. The normalized spacial score (nSPS) is 10.6. The van der Waals surface area contributed by atoms with Gasteiger partial charge in [-0.05, 0) is 16.7 Å². The summed E-state index contributed by atoms with van der Waals surface area (Å²) in [4.78, 5) is 4.12. The van der Waals surface area contributed by atoms with Gasteiger partial charge in [0.2, 0.25) is 12.2 Å². The average molecular weight is 315 g/mol. The highest BCUT2D eigenvalue weighted by Gasteiger charge is 2.10. The second kappa shape index (κ2) is 5.36. The van der Waals surface area contributed by atoms with Crippen LogP contribution in [-0.2, 0) is 5.33 Å². The van der Waals surface area contributed by atoms with Crippen LogP contribution < -0.4 is 0 Å². The van der Waals surface area contributed by atoms with Crippen molar-refractivity contribution in [3.63, 3.8) is 0 Å². The first kappa shape index (κ1) is 12.1. The summed E-state index contributed by atoms with van der Waals surface area (Å²) >= 11 is 3.45. The Labute approximate surface area is 119 Å². The minimum Gasteiger partial charge on any atom is -0.342 e. The third-order valence-electron chi connectivity index (χ3n) is 2.95. The molecule has 1 aromatic heterocycles. The molecule has 2 aromatic carbocycles. The molecule has 0 atom stereocenters. The summed E-state index contributed by atoms with van der Waals surface area (Å²) in [6, 6.07) is 16.5. The van der Waals surface area contributed by atoms with Gasteiger partial charge in [-0.25, -0.2) is 0 Å². The van der Waals surface area contributed by atoms with E-state index < -0.39 is 0 Å². The predicted molar refractivity (Wildman–Crippen MR) is 77.8 cm³/mol. The van der Waals surface area contributed by atoms with E-state index in [4.69, 9.17) is 4.52 Å². The van der Waals surface area contributed by atoms with Crippen LogP contribution in [0.1, 0.15) is 5.56 Å². The van der Waals surface area contributed by atoms with Gasteiger partial charge in [-0.2, -0.15) is 4.98 Å². The van der Waals surface area contributed by atoms with Crippen LogP contribution in [0.15, 0.2) is 59.4 Å². The van der Waals surface area contributed by atoms with Crippen LogP contribution in [0.4, 0.5) is 0 Å². The Morgan fingerprint density at radius 1 is 0.947 bits per heavy atom. The van der Waals surface area contributed by atoms with E-state index in [1.165, 1.54) is 12.0 Å². The van der Waals surface area contributed by atoms with Crippen LogP contribution in [0, 0.1) is 0 Å². The third-order valence-corrected chi connectivity index (χ3v) is 3.60. The maximum absolute atomic E-state index is 4.83. The summed E-state index contributed by atoms with van der Waals surface area (Å²) in [6.45, 7) is 0. The molecule has 94 valence electrons. The zero-order chi connectivity index (χ0) is 13.1. The summed E-state index contributed by atoms with van der Waals surface area (Å²) in [7, 11) is 0. The van der Waals surface area contributed by atoms with Crippen LogP contribution in [0.3, 0.4) is 0 Å². The number of halogens is 1. The molecule has 0 aliphatic heterocycles. The summed E-state index contributed by atoms with van der Waals surface area (Å²) in [5.74, 6) is 0.611. The number of hydrogen-bond acceptors (Lipinski definition) is 3. The first-order valence-corrected chi connectivity index (χ1v) is 7.01. The van der Waals surface area contributed by atoms with Crippen LogP contribution >= 0.6 is 15.9 Å². The van der Waals surface area contributed by atoms with Crippen molar-refractivity contribution in [1.29, 1.82) is 0 Å². The molecule has 4 heteroatoms. The maximum atomic E-state index is 4.83. The lowest BCUT2D eigenvalue weighted by Gasteiger charge is -2.07. The second-order valence-corrected chi connectivity index (χ2v) is 4.69. The van der Waals surface area contributed by atoms with Gasteiger partial charge in [-0.3, -0.25) is 0 Å². The lowest BCUT2D eigenvalue weighted by atomic mass is 9.98. The molecule has 0 N–H and O–H groups in total. The van der Waals surface area contributed by atoms with Crippen molar-refractivity contribution in [1.82, 2.24) is 10.1 Å². The second-order valence-electron chi connectivity index (χ2n) is 4.13. The number of nitrogens with zero attached hydrogens (tertiary/aromatic N) is 2. The Hall–Kier alpha value is -1.94. The van der Waals surface area contributed by atoms with E-state index >= 15 is 0 Å². The van der Waals surface area contributed by atoms with E-state index in [1.54, 1.807) is 0 Å². The monoisotopic (exact) mass is 314 g/mol. The molecule has 1 heterocycles. The highest BCUT2D eigenvalue weighted by atomic mass is 79.9. The van der Waals surface area contributed by atoms with E-state index in [0.717, 1.165) is 22.0 Å². The van der Waals surface area contributed by atoms with Crippen molar-refractivity contribution in [2.75, 3.05) is 0 Å². The molecule has 19 heavy (non-hydrogen) atoms. The number of alkyl halides is 1. The lowest BCUT2D eigenvalue weighted by molar-refractivity contribution is 0.419. The van der Waals surface area contributed by atoms with Crippen molar-refractivity contribution in [3.8, 4) is 22.5 Å². The van der Waals surface area contributed by atoms with Crippen LogP contribution in [0.5, 0.6) is 0 Å². The molecule has 0 unspecified atom stereocenters. The van der Waals surface area contributed by atoms with Gasteiger partial charge < -0.3 is 4.52 Å². The zero-order valence-electron chi connectivity index (χ0n) is 10.1. The van der Waals surface area contributed by atoms with Crippen molar-refractivity contribution in [2.24, 2.45) is 0 Å². The molecule has 3 aromatic rings. The molecule has 3 nitrogen and oxygen atoms in total. The Kier molecular flexibility index (Phi) is 3.42. The maximum Gasteiger partial charge on any atom is 0.214 e. The molecule has 0 saturated heterocycles. The molecule has 0 spiro atoms. The Balaban J connectivity index is 2.09. The summed E-state index contributed by atoms with van der Waals surface area (Å²) < 4.78 is 4.83. The molecule has 3 rings (SSSR count). The molecule has 0 aliphatic carbocycles. The SMILES string of the molecule is BrCc1ccc(-c2ccccc2-c2ncon2)cc1. The Bertz CT molecular complexity index is 663. The quantitative estimate of drug-likeness (QED) is 0.677. The summed E-state index contributed by atoms with van der Waals surface area (Å²) in [6.07, 6.45) is 1.35. The van der Waals surface area contributed by atoms with E-state index in [0.29, 0.717) is 5.82 Å².